The summed E-state index contributed by atoms with van der Waals surface area (Å²) in [5.41, 5.74) is 1.88. The zero-order valence-corrected chi connectivity index (χ0v) is 13.8. The lowest BCUT2D eigenvalue weighted by Gasteiger charge is -2.07. The van der Waals surface area contributed by atoms with Gasteiger partial charge in [0.05, 0.1) is 29.6 Å². The molecule has 0 amide bonds. The molecule has 1 saturated heterocycles. The van der Waals surface area contributed by atoms with Crippen LogP contribution < -0.4 is 0 Å². The molecule has 3 aromatic rings. The van der Waals surface area contributed by atoms with E-state index in [-0.39, 0.29) is 12.0 Å². The van der Waals surface area contributed by atoms with Gasteiger partial charge in [0.25, 0.3) is 5.69 Å². The number of ether oxygens (including phenoxy) is 2. The first-order valence-corrected chi connectivity index (χ1v) is 8.52. The van der Waals surface area contributed by atoms with Crippen LogP contribution in [0.2, 0.25) is 0 Å². The van der Waals surface area contributed by atoms with Crippen molar-refractivity contribution < 1.29 is 14.4 Å². The number of fused-ring (bicyclic) bond motifs is 1. The average molecular weight is 359 g/mol. The van der Waals surface area contributed by atoms with Crippen molar-refractivity contribution in [3.63, 3.8) is 0 Å². The van der Waals surface area contributed by atoms with E-state index in [1.54, 1.807) is 28.8 Å². The molecule has 25 heavy (non-hydrogen) atoms. The number of hydrogen-bond acceptors (Lipinski definition) is 8. The summed E-state index contributed by atoms with van der Waals surface area (Å²) in [6, 6.07) is 9.89. The van der Waals surface area contributed by atoms with Crippen LogP contribution in [-0.2, 0) is 9.47 Å². The fraction of sp³-hybridized carbons (Fsp3) is 0.267. The van der Waals surface area contributed by atoms with E-state index in [0.717, 1.165) is 0 Å². The Morgan fingerprint density at radius 1 is 1.24 bits per heavy atom. The normalized spacial score (nSPS) is 15.0. The van der Waals surface area contributed by atoms with Gasteiger partial charge in [0.1, 0.15) is 0 Å². The van der Waals surface area contributed by atoms with Crippen LogP contribution in [0.4, 0.5) is 5.69 Å². The number of non-ortho nitro benzene ring substituents is 1. The predicted octanol–water partition coefficient (Wildman–Crippen LogP) is 2.16. The zero-order valence-electron chi connectivity index (χ0n) is 12.9. The molecule has 1 fully saturated rings. The van der Waals surface area contributed by atoms with Crippen molar-refractivity contribution in [2.75, 3.05) is 19.0 Å². The standard InChI is InChI=1S/C15H13N5O4S/c21-20(22)11-3-1-2-10(8-11)12-4-5-13-16-17-15(19(13)18-12)25-9-14-23-6-7-24-14/h1-5,8,14H,6-7,9H2. The van der Waals surface area contributed by atoms with Crippen LogP contribution in [0.5, 0.6) is 0 Å². The van der Waals surface area contributed by atoms with E-state index in [2.05, 4.69) is 15.3 Å². The molecule has 1 aliphatic rings. The molecule has 9 nitrogen and oxygen atoms in total. The van der Waals surface area contributed by atoms with Gasteiger partial charge < -0.3 is 9.47 Å². The van der Waals surface area contributed by atoms with Crippen molar-refractivity contribution >= 4 is 23.1 Å². The van der Waals surface area contributed by atoms with E-state index in [0.29, 0.717) is 41.0 Å². The molecule has 0 N–H and O–H groups in total. The van der Waals surface area contributed by atoms with Crippen molar-refractivity contribution in [3.8, 4) is 11.3 Å². The number of nitro groups is 1. The first-order chi connectivity index (χ1) is 12.2. The summed E-state index contributed by atoms with van der Waals surface area (Å²) in [4.78, 5) is 10.5. The largest absolute Gasteiger partial charge is 0.349 e. The molecular formula is C15H13N5O4S. The lowest BCUT2D eigenvalue weighted by atomic mass is 10.1. The summed E-state index contributed by atoms with van der Waals surface area (Å²) in [7, 11) is 0. The molecule has 0 atom stereocenters. The second-order valence-electron chi connectivity index (χ2n) is 5.26. The molecule has 0 radical (unpaired) electrons. The Morgan fingerprint density at radius 3 is 2.88 bits per heavy atom. The Labute approximate surface area is 146 Å². The SMILES string of the molecule is O=[N+]([O-])c1cccc(-c2ccc3nnc(SCC4OCCO4)n3n2)c1. The smallest absolute Gasteiger partial charge is 0.270 e. The van der Waals surface area contributed by atoms with Gasteiger partial charge in [0.15, 0.2) is 11.9 Å². The molecule has 1 aliphatic heterocycles. The van der Waals surface area contributed by atoms with E-state index < -0.39 is 4.92 Å². The fourth-order valence-corrected chi connectivity index (χ4v) is 3.27. The first kappa shape index (κ1) is 15.9. The highest BCUT2D eigenvalue weighted by Crippen LogP contribution is 2.24. The first-order valence-electron chi connectivity index (χ1n) is 7.54. The molecule has 128 valence electrons. The average Bonchev–Trinajstić information content (AvgIpc) is 3.29. The highest BCUT2D eigenvalue weighted by atomic mass is 32.2. The van der Waals surface area contributed by atoms with Gasteiger partial charge in [-0.05, 0) is 12.1 Å². The zero-order chi connectivity index (χ0) is 17.2. The molecule has 0 unspecified atom stereocenters. The Morgan fingerprint density at radius 2 is 2.08 bits per heavy atom. The van der Waals surface area contributed by atoms with Crippen LogP contribution in [0.3, 0.4) is 0 Å². The van der Waals surface area contributed by atoms with Crippen molar-refractivity contribution in [1.29, 1.82) is 0 Å². The summed E-state index contributed by atoms with van der Waals surface area (Å²) in [6.45, 7) is 1.20. The quantitative estimate of drug-likeness (QED) is 0.388. The number of nitrogens with zero attached hydrogens (tertiary/aromatic N) is 5. The van der Waals surface area contributed by atoms with Gasteiger partial charge in [0, 0.05) is 17.7 Å². The molecule has 0 aliphatic carbocycles. The van der Waals surface area contributed by atoms with Crippen molar-refractivity contribution in [1.82, 2.24) is 19.8 Å². The van der Waals surface area contributed by atoms with Crippen molar-refractivity contribution in [2.45, 2.75) is 11.4 Å². The maximum absolute atomic E-state index is 11.0. The van der Waals surface area contributed by atoms with E-state index in [9.17, 15) is 10.1 Å². The number of aromatic nitrogens is 4. The molecule has 0 saturated carbocycles. The van der Waals surface area contributed by atoms with Crippen molar-refractivity contribution in [2.24, 2.45) is 0 Å². The number of hydrogen-bond donors (Lipinski definition) is 0. The van der Waals surface area contributed by atoms with Crippen LogP contribution >= 0.6 is 11.8 Å². The van der Waals surface area contributed by atoms with Crippen LogP contribution in [-0.4, -0.2) is 50.0 Å². The summed E-state index contributed by atoms with van der Waals surface area (Å²) < 4.78 is 12.4. The Kier molecular flexibility index (Phi) is 4.30. The number of nitro benzene ring substituents is 1. The second kappa shape index (κ2) is 6.75. The van der Waals surface area contributed by atoms with Crippen LogP contribution in [0.15, 0.2) is 41.6 Å². The van der Waals surface area contributed by atoms with Crippen LogP contribution in [0.1, 0.15) is 0 Å². The highest BCUT2D eigenvalue weighted by Gasteiger charge is 2.18. The topological polar surface area (TPSA) is 105 Å². The summed E-state index contributed by atoms with van der Waals surface area (Å²) in [5, 5.41) is 24.3. The summed E-state index contributed by atoms with van der Waals surface area (Å²) in [5.74, 6) is 0.587. The number of rotatable bonds is 5. The van der Waals surface area contributed by atoms with Gasteiger partial charge in [0.2, 0.25) is 5.16 Å². The molecule has 2 aromatic heterocycles. The molecule has 10 heteroatoms. The molecule has 0 bridgehead atoms. The molecular weight excluding hydrogens is 346 g/mol. The monoisotopic (exact) mass is 359 g/mol. The molecule has 1 aromatic carbocycles. The number of benzene rings is 1. The summed E-state index contributed by atoms with van der Waals surface area (Å²) in [6.07, 6.45) is -0.252. The minimum Gasteiger partial charge on any atom is -0.349 e. The van der Waals surface area contributed by atoms with Crippen molar-refractivity contribution in [3.05, 3.63) is 46.5 Å². The Balaban J connectivity index is 1.63. The molecule has 3 heterocycles. The minimum atomic E-state index is -0.427. The van der Waals surface area contributed by atoms with E-state index in [1.165, 1.54) is 23.9 Å². The number of thioether (sulfide) groups is 1. The third-order valence-corrected chi connectivity index (χ3v) is 4.58. The predicted molar refractivity (Wildman–Crippen MR) is 89.3 cm³/mol. The fourth-order valence-electron chi connectivity index (χ4n) is 2.44. The van der Waals surface area contributed by atoms with Gasteiger partial charge in [-0.1, -0.05) is 23.9 Å². The highest BCUT2D eigenvalue weighted by molar-refractivity contribution is 7.99. The van der Waals surface area contributed by atoms with Gasteiger partial charge in [-0.15, -0.1) is 10.2 Å². The second-order valence-corrected chi connectivity index (χ2v) is 6.25. The Bertz CT molecular complexity index is 925. The van der Waals surface area contributed by atoms with Crippen LogP contribution in [0.25, 0.3) is 16.9 Å². The van der Waals surface area contributed by atoms with Gasteiger partial charge >= 0.3 is 0 Å². The van der Waals surface area contributed by atoms with Crippen LogP contribution in [0, 0.1) is 10.1 Å². The molecule has 4 rings (SSSR count). The lowest BCUT2D eigenvalue weighted by Crippen LogP contribution is -2.11. The third kappa shape index (κ3) is 3.31. The molecule has 0 spiro atoms. The van der Waals surface area contributed by atoms with E-state index >= 15 is 0 Å². The van der Waals surface area contributed by atoms with E-state index in [1.807, 2.05) is 0 Å². The van der Waals surface area contributed by atoms with E-state index in [4.69, 9.17) is 9.47 Å². The van der Waals surface area contributed by atoms with Gasteiger partial charge in [-0.3, -0.25) is 10.1 Å². The Hall–Kier alpha value is -2.56. The maximum atomic E-state index is 11.0. The third-order valence-electron chi connectivity index (χ3n) is 3.63. The maximum Gasteiger partial charge on any atom is 0.270 e. The van der Waals surface area contributed by atoms with Gasteiger partial charge in [-0.25, -0.2) is 0 Å². The lowest BCUT2D eigenvalue weighted by molar-refractivity contribution is -0.384. The summed E-state index contributed by atoms with van der Waals surface area (Å²) >= 11 is 1.43. The van der Waals surface area contributed by atoms with Gasteiger partial charge in [-0.2, -0.15) is 9.61 Å². The minimum absolute atomic E-state index is 0.0216.